The van der Waals surface area contributed by atoms with Gasteiger partial charge in [0.15, 0.2) is 0 Å². The second kappa shape index (κ2) is 5.81. The van der Waals surface area contributed by atoms with Gasteiger partial charge in [-0.15, -0.1) is 0 Å². The van der Waals surface area contributed by atoms with E-state index < -0.39 is 5.92 Å². The van der Waals surface area contributed by atoms with Crippen LogP contribution >= 0.6 is 0 Å². The van der Waals surface area contributed by atoms with Gasteiger partial charge < -0.3 is 0 Å². The van der Waals surface area contributed by atoms with Gasteiger partial charge in [-0.05, 0) is 24.7 Å². The van der Waals surface area contributed by atoms with Crippen LogP contribution in [0.3, 0.4) is 0 Å². The molecule has 0 saturated heterocycles. The van der Waals surface area contributed by atoms with Crippen LogP contribution in [0, 0.1) is 11.8 Å². The third-order valence-electron chi connectivity index (χ3n) is 3.57. The van der Waals surface area contributed by atoms with Crippen molar-refractivity contribution in [2.75, 3.05) is 0 Å². The predicted molar refractivity (Wildman–Crippen MR) is 60.2 cm³/mol. The molecule has 1 fully saturated rings. The lowest BCUT2D eigenvalue weighted by atomic mass is 9.87. The summed E-state index contributed by atoms with van der Waals surface area (Å²) in [4.78, 5) is 0. The van der Waals surface area contributed by atoms with Crippen LogP contribution in [0.5, 0.6) is 0 Å². The molecule has 0 aromatic rings. The third-order valence-corrected chi connectivity index (χ3v) is 3.57. The summed E-state index contributed by atoms with van der Waals surface area (Å²) in [5.41, 5.74) is 0. The van der Waals surface area contributed by atoms with Crippen LogP contribution < -0.4 is 0 Å². The molecular formula is C13H24F2. The van der Waals surface area contributed by atoms with Gasteiger partial charge in [0.2, 0.25) is 5.92 Å². The van der Waals surface area contributed by atoms with Gasteiger partial charge in [-0.1, -0.05) is 39.5 Å². The lowest BCUT2D eigenvalue weighted by molar-refractivity contribution is 0.00393. The molecule has 0 aliphatic heterocycles. The van der Waals surface area contributed by atoms with Crippen LogP contribution in [0.4, 0.5) is 8.78 Å². The summed E-state index contributed by atoms with van der Waals surface area (Å²) >= 11 is 0. The van der Waals surface area contributed by atoms with E-state index in [1.54, 1.807) is 0 Å². The van der Waals surface area contributed by atoms with E-state index in [4.69, 9.17) is 0 Å². The van der Waals surface area contributed by atoms with Gasteiger partial charge in [0.05, 0.1) is 0 Å². The Morgan fingerprint density at radius 1 is 1.20 bits per heavy atom. The van der Waals surface area contributed by atoms with Gasteiger partial charge in [-0.3, -0.25) is 0 Å². The maximum atomic E-state index is 13.0. The molecule has 1 aliphatic carbocycles. The Kier molecular flexibility index (Phi) is 5.01. The zero-order valence-electron chi connectivity index (χ0n) is 10.1. The van der Waals surface area contributed by atoms with Crippen LogP contribution in [-0.2, 0) is 0 Å². The normalized spacial score (nSPS) is 25.0. The van der Waals surface area contributed by atoms with E-state index in [9.17, 15) is 8.78 Å². The Hall–Kier alpha value is -0.140. The van der Waals surface area contributed by atoms with Crippen molar-refractivity contribution in [3.8, 4) is 0 Å². The van der Waals surface area contributed by atoms with Crippen molar-refractivity contribution >= 4 is 0 Å². The molecule has 0 heterocycles. The average Bonchev–Trinajstić information content (AvgIpc) is 2.46. The molecule has 1 unspecified atom stereocenters. The minimum Gasteiger partial charge on any atom is -0.207 e. The van der Waals surface area contributed by atoms with E-state index in [1.807, 2.05) is 0 Å². The molecule has 1 aliphatic rings. The van der Waals surface area contributed by atoms with Gasteiger partial charge in [-0.25, -0.2) is 8.78 Å². The highest BCUT2D eigenvalue weighted by Crippen LogP contribution is 2.42. The van der Waals surface area contributed by atoms with Crippen LogP contribution in [0.2, 0.25) is 0 Å². The fraction of sp³-hybridized carbons (Fsp3) is 1.00. The van der Waals surface area contributed by atoms with E-state index in [1.165, 1.54) is 25.7 Å². The minimum atomic E-state index is -2.35. The topological polar surface area (TPSA) is 0 Å². The van der Waals surface area contributed by atoms with E-state index in [-0.39, 0.29) is 12.8 Å². The van der Waals surface area contributed by atoms with Crippen molar-refractivity contribution in [1.29, 1.82) is 0 Å². The zero-order chi connectivity index (χ0) is 11.3. The largest absolute Gasteiger partial charge is 0.248 e. The molecule has 90 valence electrons. The van der Waals surface area contributed by atoms with Crippen LogP contribution in [-0.4, -0.2) is 5.92 Å². The molecule has 0 amide bonds. The Balaban J connectivity index is 2.32. The third kappa shape index (κ3) is 4.48. The van der Waals surface area contributed by atoms with Crippen molar-refractivity contribution in [2.24, 2.45) is 11.8 Å². The summed E-state index contributed by atoms with van der Waals surface area (Å²) in [6.45, 7) is 4.37. The van der Waals surface area contributed by atoms with Crippen LogP contribution in [0.25, 0.3) is 0 Å². The van der Waals surface area contributed by atoms with Crippen LogP contribution in [0.15, 0.2) is 0 Å². The summed E-state index contributed by atoms with van der Waals surface area (Å²) in [6.07, 6.45) is 6.88. The first-order valence-corrected chi connectivity index (χ1v) is 6.45. The molecule has 1 atom stereocenters. The molecular weight excluding hydrogens is 194 g/mol. The monoisotopic (exact) mass is 218 g/mol. The molecule has 0 radical (unpaired) electrons. The van der Waals surface area contributed by atoms with Gasteiger partial charge in [0.1, 0.15) is 0 Å². The molecule has 1 rings (SSSR count). The molecule has 1 saturated carbocycles. The molecule has 0 nitrogen and oxygen atoms in total. The molecule has 0 bridgehead atoms. The lowest BCUT2D eigenvalue weighted by Crippen LogP contribution is -2.12. The summed E-state index contributed by atoms with van der Waals surface area (Å²) in [7, 11) is 0. The molecule has 2 heteroatoms. The van der Waals surface area contributed by atoms with Gasteiger partial charge >= 0.3 is 0 Å². The van der Waals surface area contributed by atoms with E-state index in [0.717, 1.165) is 12.8 Å². The van der Waals surface area contributed by atoms with Crippen molar-refractivity contribution in [2.45, 2.75) is 71.1 Å². The Morgan fingerprint density at radius 2 is 1.80 bits per heavy atom. The summed E-state index contributed by atoms with van der Waals surface area (Å²) in [6, 6.07) is 0. The first kappa shape index (κ1) is 12.9. The molecule has 0 spiro atoms. The fourth-order valence-electron chi connectivity index (χ4n) is 2.91. The summed E-state index contributed by atoms with van der Waals surface area (Å²) in [5, 5.41) is 0. The predicted octanol–water partition coefficient (Wildman–Crippen LogP) is 5.03. The van der Waals surface area contributed by atoms with Gasteiger partial charge in [0, 0.05) is 12.8 Å². The number of alkyl halides is 2. The lowest BCUT2D eigenvalue weighted by Gasteiger charge is -2.19. The van der Waals surface area contributed by atoms with Gasteiger partial charge in [0.25, 0.3) is 0 Å². The van der Waals surface area contributed by atoms with E-state index >= 15 is 0 Å². The summed E-state index contributed by atoms with van der Waals surface area (Å²) < 4.78 is 26.0. The van der Waals surface area contributed by atoms with E-state index in [0.29, 0.717) is 11.8 Å². The quantitative estimate of drug-likeness (QED) is 0.586. The van der Waals surface area contributed by atoms with Crippen molar-refractivity contribution in [3.05, 3.63) is 0 Å². The molecule has 0 aromatic carbocycles. The Bertz CT molecular complexity index is 171. The first-order valence-electron chi connectivity index (χ1n) is 6.45. The van der Waals surface area contributed by atoms with Crippen molar-refractivity contribution in [3.63, 3.8) is 0 Å². The standard InChI is InChI=1S/C13H24F2/c1-3-5-11(6-4-2)9-12-7-8-13(14,15)10-12/h11-12H,3-10H2,1-2H3. The molecule has 15 heavy (non-hydrogen) atoms. The molecule has 0 N–H and O–H groups in total. The second-order valence-corrected chi connectivity index (χ2v) is 5.14. The SMILES string of the molecule is CCCC(CCC)CC1CCC(F)(F)C1. The Morgan fingerprint density at radius 3 is 2.20 bits per heavy atom. The minimum absolute atomic E-state index is 0.128. The number of rotatable bonds is 6. The maximum absolute atomic E-state index is 13.0. The summed E-state index contributed by atoms with van der Waals surface area (Å²) in [5.74, 6) is -1.37. The number of halogens is 2. The van der Waals surface area contributed by atoms with Gasteiger partial charge in [-0.2, -0.15) is 0 Å². The maximum Gasteiger partial charge on any atom is 0.248 e. The Labute approximate surface area is 92.4 Å². The molecule has 0 aromatic heterocycles. The average molecular weight is 218 g/mol. The zero-order valence-corrected chi connectivity index (χ0v) is 10.1. The highest BCUT2D eigenvalue weighted by molar-refractivity contribution is 4.82. The first-order chi connectivity index (χ1) is 7.07. The second-order valence-electron chi connectivity index (χ2n) is 5.14. The van der Waals surface area contributed by atoms with Crippen molar-refractivity contribution < 1.29 is 8.78 Å². The highest BCUT2D eigenvalue weighted by Gasteiger charge is 2.39. The van der Waals surface area contributed by atoms with E-state index in [2.05, 4.69) is 13.8 Å². The fourth-order valence-corrected chi connectivity index (χ4v) is 2.91. The smallest absolute Gasteiger partial charge is 0.207 e. The highest BCUT2D eigenvalue weighted by atomic mass is 19.3. The number of hydrogen-bond acceptors (Lipinski definition) is 0. The van der Waals surface area contributed by atoms with Crippen molar-refractivity contribution in [1.82, 2.24) is 0 Å². The van der Waals surface area contributed by atoms with Crippen LogP contribution in [0.1, 0.15) is 65.2 Å². The number of hydrogen-bond donors (Lipinski definition) is 0.